The molecule has 5 nitrogen and oxygen atoms in total. The molecule has 0 radical (unpaired) electrons. The van der Waals surface area contributed by atoms with Gasteiger partial charge in [0.05, 0.1) is 0 Å². The van der Waals surface area contributed by atoms with Crippen molar-refractivity contribution in [1.82, 2.24) is 15.5 Å². The minimum Gasteiger partial charge on any atom is -0.355 e. The van der Waals surface area contributed by atoms with Crippen LogP contribution >= 0.6 is 0 Å². The van der Waals surface area contributed by atoms with E-state index in [1.165, 1.54) is 0 Å². The number of hydrogen-bond donors (Lipinski definition) is 2. The summed E-state index contributed by atoms with van der Waals surface area (Å²) in [6.07, 6.45) is 6.52. The zero-order valence-electron chi connectivity index (χ0n) is 12.0. The number of nitrogens with one attached hydrogen (secondary N) is 2. The number of carbonyl (C=O) groups is 2. The molecule has 2 amide bonds. The Labute approximate surface area is 119 Å². The summed E-state index contributed by atoms with van der Waals surface area (Å²) in [4.78, 5) is 26.7. The molecule has 2 aliphatic carbocycles. The topological polar surface area (TPSA) is 61.4 Å². The van der Waals surface area contributed by atoms with Crippen LogP contribution < -0.4 is 10.6 Å². The predicted octanol–water partition coefficient (Wildman–Crippen LogP) is 0.135. The molecule has 20 heavy (non-hydrogen) atoms. The SMILES string of the molecule is CCNC(=O)C1CNCCN1C(=O)C1CC2C=CC1C2. The molecule has 0 aromatic rings. The Balaban J connectivity index is 1.71. The Kier molecular flexibility index (Phi) is 3.78. The number of allylic oxidation sites excluding steroid dienone is 2. The van der Waals surface area contributed by atoms with Crippen LogP contribution in [0.25, 0.3) is 0 Å². The summed E-state index contributed by atoms with van der Waals surface area (Å²) < 4.78 is 0. The summed E-state index contributed by atoms with van der Waals surface area (Å²) in [6.45, 7) is 4.49. The molecule has 1 saturated heterocycles. The van der Waals surface area contributed by atoms with Gasteiger partial charge in [-0.25, -0.2) is 0 Å². The number of rotatable bonds is 3. The molecule has 3 aliphatic rings. The molecule has 4 unspecified atom stereocenters. The lowest BCUT2D eigenvalue weighted by Gasteiger charge is -2.37. The molecule has 5 heteroatoms. The largest absolute Gasteiger partial charge is 0.355 e. The minimum absolute atomic E-state index is 0.0354. The molecule has 3 rings (SSSR count). The second-order valence-corrected chi connectivity index (χ2v) is 6.03. The van der Waals surface area contributed by atoms with E-state index in [0.29, 0.717) is 31.5 Å². The lowest BCUT2D eigenvalue weighted by Crippen LogP contribution is -2.60. The van der Waals surface area contributed by atoms with Gasteiger partial charge in [0.25, 0.3) is 0 Å². The van der Waals surface area contributed by atoms with E-state index in [4.69, 9.17) is 0 Å². The van der Waals surface area contributed by atoms with Gasteiger partial charge in [0.1, 0.15) is 6.04 Å². The monoisotopic (exact) mass is 277 g/mol. The third-order valence-corrected chi connectivity index (χ3v) is 4.78. The van der Waals surface area contributed by atoms with E-state index >= 15 is 0 Å². The van der Waals surface area contributed by atoms with E-state index in [1.807, 2.05) is 6.92 Å². The molecule has 110 valence electrons. The fourth-order valence-electron chi connectivity index (χ4n) is 3.77. The third kappa shape index (κ3) is 2.35. The average molecular weight is 277 g/mol. The number of carbonyl (C=O) groups excluding carboxylic acids is 2. The van der Waals surface area contributed by atoms with Gasteiger partial charge < -0.3 is 15.5 Å². The van der Waals surface area contributed by atoms with Gasteiger partial charge in [0.2, 0.25) is 11.8 Å². The van der Waals surface area contributed by atoms with Crippen LogP contribution in [0.4, 0.5) is 0 Å². The van der Waals surface area contributed by atoms with Crippen LogP contribution in [0.2, 0.25) is 0 Å². The Hall–Kier alpha value is -1.36. The smallest absolute Gasteiger partial charge is 0.244 e. The van der Waals surface area contributed by atoms with E-state index in [9.17, 15) is 9.59 Å². The van der Waals surface area contributed by atoms with Crippen molar-refractivity contribution in [2.24, 2.45) is 17.8 Å². The molecule has 2 N–H and O–H groups in total. The summed E-state index contributed by atoms with van der Waals surface area (Å²) in [5.41, 5.74) is 0. The van der Waals surface area contributed by atoms with Crippen molar-refractivity contribution < 1.29 is 9.59 Å². The highest BCUT2D eigenvalue weighted by Crippen LogP contribution is 2.44. The first-order chi connectivity index (χ1) is 9.70. The predicted molar refractivity (Wildman–Crippen MR) is 75.9 cm³/mol. The molecule has 1 heterocycles. The van der Waals surface area contributed by atoms with Crippen LogP contribution in [0, 0.1) is 17.8 Å². The molecule has 2 bridgehead atoms. The van der Waals surface area contributed by atoms with Crippen molar-refractivity contribution in [3.63, 3.8) is 0 Å². The number of piperazine rings is 1. The lowest BCUT2D eigenvalue weighted by atomic mass is 9.91. The van der Waals surface area contributed by atoms with Gasteiger partial charge in [-0.05, 0) is 31.6 Å². The minimum atomic E-state index is -0.348. The zero-order chi connectivity index (χ0) is 14.1. The van der Waals surface area contributed by atoms with Gasteiger partial charge in [-0.3, -0.25) is 9.59 Å². The average Bonchev–Trinajstić information content (AvgIpc) is 3.09. The second-order valence-electron chi connectivity index (χ2n) is 6.03. The van der Waals surface area contributed by atoms with Crippen molar-refractivity contribution in [1.29, 1.82) is 0 Å². The van der Waals surface area contributed by atoms with Gasteiger partial charge in [-0.2, -0.15) is 0 Å². The zero-order valence-corrected chi connectivity index (χ0v) is 12.0. The summed E-state index contributed by atoms with van der Waals surface area (Å²) in [7, 11) is 0. The summed E-state index contributed by atoms with van der Waals surface area (Å²) in [5, 5.41) is 6.05. The highest BCUT2D eigenvalue weighted by molar-refractivity contribution is 5.89. The Morgan fingerprint density at radius 2 is 2.20 bits per heavy atom. The van der Waals surface area contributed by atoms with Crippen molar-refractivity contribution in [2.45, 2.75) is 25.8 Å². The van der Waals surface area contributed by atoms with E-state index < -0.39 is 0 Å². The van der Waals surface area contributed by atoms with Gasteiger partial charge in [-0.1, -0.05) is 12.2 Å². The van der Waals surface area contributed by atoms with Crippen molar-refractivity contribution in [3.05, 3.63) is 12.2 Å². The fraction of sp³-hybridized carbons (Fsp3) is 0.733. The number of likely N-dealkylation sites (N-methyl/N-ethyl adjacent to an activating group) is 1. The van der Waals surface area contributed by atoms with Gasteiger partial charge in [-0.15, -0.1) is 0 Å². The van der Waals surface area contributed by atoms with Crippen molar-refractivity contribution >= 4 is 11.8 Å². The molecule has 0 aromatic carbocycles. The first-order valence-electron chi connectivity index (χ1n) is 7.68. The standard InChI is InChI=1S/C15H23N3O2/c1-2-17-14(19)13-9-16-5-6-18(13)15(20)12-8-10-3-4-11(12)7-10/h3-4,10-13,16H,2,5-9H2,1H3,(H,17,19). The third-order valence-electron chi connectivity index (χ3n) is 4.78. The normalized spacial score (nSPS) is 35.4. The number of fused-ring (bicyclic) bond motifs is 2. The highest BCUT2D eigenvalue weighted by atomic mass is 16.2. The first kappa shape index (κ1) is 13.6. The maximum Gasteiger partial charge on any atom is 0.244 e. The van der Waals surface area contributed by atoms with Crippen LogP contribution in [-0.2, 0) is 9.59 Å². The van der Waals surface area contributed by atoms with E-state index in [0.717, 1.165) is 19.4 Å². The molecule has 2 fully saturated rings. The summed E-state index contributed by atoms with van der Waals surface area (Å²) >= 11 is 0. The number of amides is 2. The first-order valence-corrected chi connectivity index (χ1v) is 7.68. The quantitative estimate of drug-likeness (QED) is 0.721. The van der Waals surface area contributed by atoms with Crippen molar-refractivity contribution in [3.8, 4) is 0 Å². The maximum absolute atomic E-state index is 12.8. The van der Waals surface area contributed by atoms with Gasteiger partial charge in [0, 0.05) is 32.1 Å². The van der Waals surface area contributed by atoms with E-state index in [1.54, 1.807) is 4.90 Å². The van der Waals surface area contributed by atoms with Gasteiger partial charge >= 0.3 is 0 Å². The number of nitrogens with zero attached hydrogens (tertiary/aromatic N) is 1. The van der Waals surface area contributed by atoms with Gasteiger partial charge in [0.15, 0.2) is 0 Å². The van der Waals surface area contributed by atoms with Crippen LogP contribution in [0.5, 0.6) is 0 Å². The molecule has 0 aromatic heterocycles. The van der Waals surface area contributed by atoms with Crippen LogP contribution in [-0.4, -0.2) is 48.9 Å². The summed E-state index contributed by atoms with van der Waals surface area (Å²) in [6, 6.07) is -0.348. The fourth-order valence-corrected chi connectivity index (χ4v) is 3.77. The molecule has 4 atom stereocenters. The maximum atomic E-state index is 12.8. The lowest BCUT2D eigenvalue weighted by molar-refractivity contribution is -0.145. The Morgan fingerprint density at radius 1 is 1.35 bits per heavy atom. The van der Waals surface area contributed by atoms with E-state index in [-0.39, 0.29) is 23.8 Å². The molecular weight excluding hydrogens is 254 g/mol. The van der Waals surface area contributed by atoms with Crippen LogP contribution in [0.15, 0.2) is 12.2 Å². The molecule has 0 spiro atoms. The highest BCUT2D eigenvalue weighted by Gasteiger charge is 2.44. The second kappa shape index (κ2) is 5.56. The van der Waals surface area contributed by atoms with Crippen LogP contribution in [0.1, 0.15) is 19.8 Å². The molecular formula is C15H23N3O2. The van der Waals surface area contributed by atoms with E-state index in [2.05, 4.69) is 22.8 Å². The summed E-state index contributed by atoms with van der Waals surface area (Å²) in [5.74, 6) is 1.23. The molecule has 1 saturated carbocycles. The van der Waals surface area contributed by atoms with Crippen molar-refractivity contribution in [2.75, 3.05) is 26.2 Å². The molecule has 1 aliphatic heterocycles. The van der Waals surface area contributed by atoms with Crippen LogP contribution in [0.3, 0.4) is 0 Å². The Morgan fingerprint density at radius 3 is 2.85 bits per heavy atom. The number of hydrogen-bond acceptors (Lipinski definition) is 3. The Bertz CT molecular complexity index is 435.